The van der Waals surface area contributed by atoms with Gasteiger partial charge in [0.05, 0.1) is 39.2 Å². The summed E-state index contributed by atoms with van der Waals surface area (Å²) in [4.78, 5) is 168. The molecule has 20 N–H and O–H groups in total. The number of benzene rings is 1. The number of aromatic nitrogens is 2. The molecule has 89 heavy (non-hydrogen) atoms. The molecule has 0 saturated carbocycles. The van der Waals surface area contributed by atoms with Gasteiger partial charge >= 0.3 is 5.97 Å². The number of H-pyrrole nitrogens is 1. The first-order valence-electron chi connectivity index (χ1n) is 29.2. The van der Waals surface area contributed by atoms with Gasteiger partial charge in [-0.15, -0.1) is 0 Å². The number of unbranched alkanes of at least 4 members (excludes halogenated alkanes) is 1. The lowest BCUT2D eigenvalue weighted by molar-refractivity contribution is -0.141. The molecule has 0 aliphatic rings. The number of hydrogen-bond donors (Lipinski definition) is 18. The van der Waals surface area contributed by atoms with E-state index in [9.17, 15) is 78.0 Å². The van der Waals surface area contributed by atoms with Crippen molar-refractivity contribution in [2.24, 2.45) is 23.3 Å². The Kier molecular flexibility index (Phi) is 37.1. The fraction of sp³-hybridized carbons (Fsp3) is 0.625. The molecule has 1 aromatic heterocycles. The summed E-state index contributed by atoms with van der Waals surface area (Å²) >= 11 is 2.74. The Morgan fingerprint density at radius 3 is 1.42 bits per heavy atom. The number of carboxylic acid groups (broad SMARTS) is 1. The van der Waals surface area contributed by atoms with Gasteiger partial charge in [0, 0.05) is 24.7 Å². The van der Waals surface area contributed by atoms with Crippen LogP contribution >= 0.6 is 23.5 Å². The second-order valence-electron chi connectivity index (χ2n) is 21.0. The number of rotatable bonds is 44. The molecule has 2 aromatic rings. The fourth-order valence-electron chi connectivity index (χ4n) is 8.54. The number of aliphatic hydroxyl groups excluding tert-OH is 3. The molecule has 33 heteroatoms. The van der Waals surface area contributed by atoms with Crippen molar-refractivity contribution in [3.05, 3.63) is 54.1 Å². The number of nitrogens with one attached hydrogen (secondary N) is 12. The Hall–Kier alpha value is -7.43. The van der Waals surface area contributed by atoms with Crippen molar-refractivity contribution in [3.8, 4) is 0 Å². The number of hydrogen-bond acceptors (Lipinski definition) is 20. The summed E-state index contributed by atoms with van der Waals surface area (Å²) in [5.41, 5.74) is 12.2. The smallest absolute Gasteiger partial charge is 0.326 e. The largest absolute Gasteiger partial charge is 0.480 e. The molecule has 11 amide bonds. The fourth-order valence-corrected chi connectivity index (χ4v) is 9.48. The number of aliphatic hydroxyl groups is 3. The molecule has 0 fully saturated rings. The van der Waals surface area contributed by atoms with E-state index in [2.05, 4.69) is 68.5 Å². The van der Waals surface area contributed by atoms with E-state index in [0.29, 0.717) is 42.0 Å². The quantitative estimate of drug-likeness (QED) is 0.0276. The van der Waals surface area contributed by atoms with Gasteiger partial charge in [0.1, 0.15) is 60.4 Å². The molecule has 31 nitrogen and oxygen atoms in total. The predicted octanol–water partition coefficient (Wildman–Crippen LogP) is -5.09. The Labute approximate surface area is 525 Å². The molecule has 2 rings (SSSR count). The third-order valence-corrected chi connectivity index (χ3v) is 15.5. The maximum absolute atomic E-state index is 14.1. The molecule has 0 bridgehead atoms. The molecule has 0 aliphatic heterocycles. The number of nitrogens with two attached hydrogens (primary N) is 2. The summed E-state index contributed by atoms with van der Waals surface area (Å²) in [5.74, 6) is -11.7. The van der Waals surface area contributed by atoms with Crippen LogP contribution in [0.1, 0.15) is 83.9 Å². The Balaban J connectivity index is 2.30. The molecule has 498 valence electrons. The van der Waals surface area contributed by atoms with E-state index in [1.165, 1.54) is 36.0 Å². The number of imidazole rings is 1. The van der Waals surface area contributed by atoms with E-state index in [1.807, 2.05) is 0 Å². The van der Waals surface area contributed by atoms with E-state index in [-0.39, 0.29) is 45.1 Å². The predicted molar refractivity (Wildman–Crippen MR) is 331 cm³/mol. The van der Waals surface area contributed by atoms with E-state index < -0.39 is 176 Å². The van der Waals surface area contributed by atoms with Gasteiger partial charge in [-0.3, -0.25) is 52.7 Å². The van der Waals surface area contributed by atoms with E-state index in [0.717, 1.165) is 0 Å². The van der Waals surface area contributed by atoms with Crippen LogP contribution in [0.3, 0.4) is 0 Å². The lowest BCUT2D eigenvalue weighted by Gasteiger charge is -2.29. The first-order chi connectivity index (χ1) is 42.4. The van der Waals surface area contributed by atoms with Crippen LogP contribution in [-0.4, -0.2) is 225 Å². The minimum atomic E-state index is -1.83. The molecular weight excluding hydrogens is 1200 g/mol. The average Bonchev–Trinajstić information content (AvgIpc) is 3.76. The van der Waals surface area contributed by atoms with Gasteiger partial charge in [0.2, 0.25) is 65.0 Å². The SMILES string of the molecule is CC[C@H](C)[C@H](NC(=O)[C@H](Cc1cnc[nH]1)NC(=O)CN)C(=O)N[C@@H](CCCCN)C(=O)N[C@@H](CO)C(=O)N[C@@H](CO)C(=O)N[C@H](C(=O)N[C@@H](CO)C(=O)N[C@@H](Cc1ccccc1)C(=O)N[C@@H](CCSC)C(=O)NCC(=O)N[C@@H](CCSC)C(=O)O)[C@@H](C)CC. The molecule has 12 atom stereocenters. The van der Waals surface area contributed by atoms with Crippen LogP contribution in [0.4, 0.5) is 0 Å². The van der Waals surface area contributed by atoms with E-state index in [4.69, 9.17) is 11.5 Å². The first-order valence-corrected chi connectivity index (χ1v) is 32.0. The van der Waals surface area contributed by atoms with Crippen molar-refractivity contribution >= 4 is 94.5 Å². The molecule has 0 saturated heterocycles. The topological polar surface area (TPSA) is 499 Å². The van der Waals surface area contributed by atoms with Crippen LogP contribution in [0, 0.1) is 11.8 Å². The van der Waals surface area contributed by atoms with Crippen molar-refractivity contribution in [2.75, 3.05) is 63.5 Å². The van der Waals surface area contributed by atoms with Gasteiger partial charge in [-0.1, -0.05) is 70.9 Å². The summed E-state index contributed by atoms with van der Waals surface area (Å²) in [6.07, 6.45) is 7.63. The lowest BCUT2D eigenvalue weighted by Crippen LogP contribution is -2.62. The third-order valence-electron chi connectivity index (χ3n) is 14.3. The Morgan fingerprint density at radius 2 is 0.944 bits per heavy atom. The molecule has 0 unspecified atom stereocenters. The highest BCUT2D eigenvalue weighted by Gasteiger charge is 2.37. The summed E-state index contributed by atoms with van der Waals surface area (Å²) in [6.45, 7) is 2.68. The zero-order valence-corrected chi connectivity index (χ0v) is 52.7. The summed E-state index contributed by atoms with van der Waals surface area (Å²) in [7, 11) is 0. The van der Waals surface area contributed by atoms with Gasteiger partial charge in [-0.05, 0) is 80.1 Å². The number of carboxylic acids is 1. The zero-order valence-electron chi connectivity index (χ0n) is 51.1. The molecular formula is C56H91N15O16S2. The van der Waals surface area contributed by atoms with Crippen LogP contribution in [0.15, 0.2) is 42.9 Å². The highest BCUT2D eigenvalue weighted by molar-refractivity contribution is 7.98. The second-order valence-corrected chi connectivity index (χ2v) is 22.9. The maximum atomic E-state index is 14.1. The summed E-state index contributed by atoms with van der Waals surface area (Å²) in [6, 6.07) is -6.22. The third kappa shape index (κ3) is 27.9. The maximum Gasteiger partial charge on any atom is 0.326 e. The lowest BCUT2D eigenvalue weighted by atomic mass is 9.96. The van der Waals surface area contributed by atoms with Crippen molar-refractivity contribution in [1.29, 1.82) is 0 Å². The van der Waals surface area contributed by atoms with Gasteiger partial charge < -0.3 is 95.4 Å². The molecule has 0 spiro atoms. The van der Waals surface area contributed by atoms with Crippen LogP contribution < -0.4 is 70.0 Å². The van der Waals surface area contributed by atoms with Gasteiger partial charge in [0.25, 0.3) is 0 Å². The Bertz CT molecular complexity index is 2590. The van der Waals surface area contributed by atoms with Crippen LogP contribution in [0.5, 0.6) is 0 Å². The second kappa shape index (κ2) is 42.5. The number of aliphatic carboxylic acids is 1. The number of carbonyl (C=O) groups excluding carboxylic acids is 11. The number of thioether (sulfide) groups is 2. The van der Waals surface area contributed by atoms with Gasteiger partial charge in [-0.25, -0.2) is 9.78 Å². The molecule has 1 aromatic carbocycles. The van der Waals surface area contributed by atoms with E-state index in [1.54, 1.807) is 70.5 Å². The highest BCUT2D eigenvalue weighted by Crippen LogP contribution is 2.14. The standard InChI is InChI=1S/C56H91N15O16S2/c1-7-31(3)45(70-50(80)39(63-43(75)24-58)23-34-25-59-30-61-34)54(84)65-35(16-12-13-19-57)48(78)67-40(27-72)52(82)68-42(29-74)53(83)71-46(32(4)8-2)55(85)69-41(28-73)51(81)66-38(22-33-14-10-9-11-15-33)49(79)64-36(17-20-88-5)47(77)60-26-44(76)62-37(56(86)87)18-21-89-6/h9-11,14-15,25,30-32,35-42,45-46,72-74H,7-8,12-13,16-24,26-29,57-58H2,1-6H3,(H,59,61)(H,60,77)(H,62,76)(H,63,75)(H,64,79)(H,65,84)(H,66,81)(H,67,78)(H,68,82)(H,69,85)(H,70,80)(H,71,83)(H,86,87)/t31-,32-,35-,36-,37-,38-,39-,40-,41-,42-,45-,46-/m0/s1. The van der Waals surface area contributed by atoms with Gasteiger partial charge in [-0.2, -0.15) is 23.5 Å². The summed E-state index contributed by atoms with van der Waals surface area (Å²) < 4.78 is 0. The van der Waals surface area contributed by atoms with E-state index >= 15 is 0 Å². The van der Waals surface area contributed by atoms with Crippen LogP contribution in [0.2, 0.25) is 0 Å². The summed E-state index contributed by atoms with van der Waals surface area (Å²) in [5, 5.41) is 67.9. The highest BCUT2D eigenvalue weighted by atomic mass is 32.2. The zero-order chi connectivity index (χ0) is 66.6. The molecule has 0 radical (unpaired) electrons. The van der Waals surface area contributed by atoms with Crippen LogP contribution in [-0.2, 0) is 70.4 Å². The van der Waals surface area contributed by atoms with Crippen molar-refractivity contribution in [1.82, 2.24) is 68.5 Å². The first kappa shape index (κ1) is 77.7. The number of amides is 11. The van der Waals surface area contributed by atoms with Gasteiger partial charge in [0.15, 0.2) is 0 Å². The number of aromatic amines is 1. The average molecular weight is 1290 g/mol. The minimum Gasteiger partial charge on any atom is -0.480 e. The monoisotopic (exact) mass is 1290 g/mol. The molecule has 0 aliphatic carbocycles. The Morgan fingerprint density at radius 1 is 0.517 bits per heavy atom. The molecule has 1 heterocycles. The van der Waals surface area contributed by atoms with Crippen molar-refractivity contribution in [2.45, 2.75) is 146 Å². The normalized spacial score (nSPS) is 15.1. The number of nitrogens with zero attached hydrogens (tertiary/aromatic N) is 1. The van der Waals surface area contributed by atoms with Crippen molar-refractivity contribution < 1.29 is 78.0 Å². The minimum absolute atomic E-state index is 0.0315. The van der Waals surface area contributed by atoms with Crippen LogP contribution in [0.25, 0.3) is 0 Å². The van der Waals surface area contributed by atoms with Crippen molar-refractivity contribution in [3.63, 3.8) is 0 Å². The number of carbonyl (C=O) groups is 12.